The van der Waals surface area contributed by atoms with Crippen LogP contribution in [0.3, 0.4) is 0 Å². The summed E-state index contributed by atoms with van der Waals surface area (Å²) in [4.78, 5) is 0. The van der Waals surface area contributed by atoms with Crippen LogP contribution in [-0.2, 0) is 22.4 Å². The van der Waals surface area contributed by atoms with E-state index in [2.05, 4.69) is 0 Å². The molecule has 0 unspecified atom stereocenters. The molecule has 3 heteroatoms. The van der Waals surface area contributed by atoms with E-state index in [1.807, 2.05) is 0 Å². The first-order valence-corrected chi connectivity index (χ1v) is 0.447. The van der Waals surface area contributed by atoms with Crippen LogP contribution in [0.25, 0.3) is 0 Å². The van der Waals surface area contributed by atoms with Crippen molar-refractivity contribution >= 4 is 0 Å². The van der Waals surface area contributed by atoms with Crippen molar-refractivity contribution in [1.29, 1.82) is 10.5 Å². The molecule has 0 rings (SSSR count). The normalized spacial score (nSPS) is 0.800. The van der Waals surface area contributed by atoms with Crippen LogP contribution in [0.1, 0.15) is 0 Å². The van der Waals surface area contributed by atoms with Gasteiger partial charge < -0.3 is 23.7 Å². The van der Waals surface area contributed by atoms with Crippen molar-refractivity contribution in [2.24, 2.45) is 0 Å². The van der Waals surface area contributed by atoms with E-state index in [0.717, 1.165) is 0 Å². The van der Waals surface area contributed by atoms with E-state index in [-0.39, 0.29) is 22.4 Å². The maximum Gasteiger partial charge on any atom is 0 e. The molecule has 0 N–H and O–H groups in total. The molecule has 0 amide bonds. The number of hydrogen-bond donors (Lipinski definition) is 0. The van der Waals surface area contributed by atoms with Crippen molar-refractivity contribution in [3.8, 4) is 0 Å². The van der Waals surface area contributed by atoms with Crippen molar-refractivity contribution in [2.75, 3.05) is 0 Å². The van der Waals surface area contributed by atoms with Crippen LogP contribution in [0.5, 0.6) is 0 Å². The number of hydrogen-bond acceptors (Lipinski definition) is 2. The summed E-state index contributed by atoms with van der Waals surface area (Å²) in [6.45, 7) is 9.50. The Kier molecular flexibility index (Phi) is 1550. The molecule has 0 aliphatic carbocycles. The van der Waals surface area contributed by atoms with Crippen molar-refractivity contribution in [3.63, 3.8) is 0 Å². The Morgan fingerprint density at radius 2 is 0.800 bits per heavy atom. The zero-order valence-electron chi connectivity index (χ0n) is 2.20. The molecule has 2 nitrogen and oxygen atoms in total. The third-order valence-electron chi connectivity index (χ3n) is 0. The molecule has 0 heterocycles. The fraction of sp³-hybridized carbons (Fsp3) is 0. The Balaban J connectivity index is -0.0000000133. The monoisotopic (exact) mass is 159 g/mol. The molecule has 31 valence electrons. The van der Waals surface area contributed by atoms with E-state index in [9.17, 15) is 0 Å². The first-order valence-electron chi connectivity index (χ1n) is 0.447. The summed E-state index contributed by atoms with van der Waals surface area (Å²) >= 11 is 0. The van der Waals surface area contributed by atoms with Gasteiger partial charge in [0.2, 0.25) is 0 Å². The first-order chi connectivity index (χ1) is 2.00. The SMILES string of the molecule is [Ag].[C-]#N.[C-]#N. The van der Waals surface area contributed by atoms with Crippen LogP contribution in [0.2, 0.25) is 0 Å². The maximum absolute atomic E-state index is 6.25. The molecule has 0 fully saturated rings. The summed E-state index contributed by atoms with van der Waals surface area (Å²) in [5.41, 5.74) is 0. The third-order valence-corrected chi connectivity index (χ3v) is 0. The molecule has 0 saturated carbocycles. The second kappa shape index (κ2) is 352. The van der Waals surface area contributed by atoms with E-state index >= 15 is 0 Å². The van der Waals surface area contributed by atoms with Gasteiger partial charge in [-0.3, -0.25) is 0 Å². The van der Waals surface area contributed by atoms with Crippen LogP contribution in [0.4, 0.5) is 0 Å². The summed E-state index contributed by atoms with van der Waals surface area (Å²) in [5, 5.41) is 12.5. The zero-order valence-corrected chi connectivity index (χ0v) is 3.68. The van der Waals surface area contributed by atoms with Crippen LogP contribution in [0, 0.1) is 23.7 Å². The van der Waals surface area contributed by atoms with Gasteiger partial charge >= 0.3 is 0 Å². The van der Waals surface area contributed by atoms with Gasteiger partial charge in [-0.15, -0.1) is 0 Å². The van der Waals surface area contributed by atoms with E-state index in [0.29, 0.717) is 0 Å². The molecule has 0 aliphatic rings. The largest absolute Gasteiger partial charge is 0.512 e. The van der Waals surface area contributed by atoms with E-state index in [1.165, 1.54) is 0 Å². The molecule has 0 aliphatic heterocycles. The molecular weight excluding hydrogens is 160 g/mol. The Bertz CT molecular complexity index is 23.1. The third kappa shape index (κ3) is 141. The number of nitrogens with zero attached hydrogens (tertiary/aromatic N) is 2. The molecule has 0 bridgehead atoms. The van der Waals surface area contributed by atoms with Gasteiger partial charge in [-0.2, -0.15) is 0 Å². The van der Waals surface area contributed by atoms with Crippen molar-refractivity contribution in [2.45, 2.75) is 0 Å². The Morgan fingerprint density at radius 1 is 0.800 bits per heavy atom. The van der Waals surface area contributed by atoms with E-state index in [4.69, 9.17) is 23.7 Å². The van der Waals surface area contributed by atoms with Gasteiger partial charge in [0.1, 0.15) is 0 Å². The quantitative estimate of drug-likeness (QED) is 0.375. The predicted octanol–water partition coefficient (Wildman–Crippen LogP) is 0.190. The Hall–Kier alpha value is -0.280. The van der Waals surface area contributed by atoms with Gasteiger partial charge in [-0.05, 0) is 0 Å². The second-order valence-corrected chi connectivity index (χ2v) is 0. The molecule has 0 spiro atoms. The minimum absolute atomic E-state index is 0. The van der Waals surface area contributed by atoms with Crippen molar-refractivity contribution in [1.82, 2.24) is 0 Å². The minimum Gasteiger partial charge on any atom is -0.512 e. The molecule has 0 atom stereocenters. The van der Waals surface area contributed by atoms with Crippen molar-refractivity contribution in [3.05, 3.63) is 13.1 Å². The van der Waals surface area contributed by atoms with Gasteiger partial charge in [0.15, 0.2) is 0 Å². The summed E-state index contributed by atoms with van der Waals surface area (Å²) in [6, 6.07) is 0. The topological polar surface area (TPSA) is 47.6 Å². The average Bonchev–Trinajstić information content (AvgIpc) is 1.50. The summed E-state index contributed by atoms with van der Waals surface area (Å²) in [5.74, 6) is 0. The molecule has 0 aromatic carbocycles. The summed E-state index contributed by atoms with van der Waals surface area (Å²) in [7, 11) is 0. The van der Waals surface area contributed by atoms with Gasteiger partial charge in [0.25, 0.3) is 0 Å². The fourth-order valence-electron chi connectivity index (χ4n) is 0. The average molecular weight is 160 g/mol. The summed E-state index contributed by atoms with van der Waals surface area (Å²) < 4.78 is 0. The zero-order chi connectivity index (χ0) is 4.00. The second-order valence-electron chi connectivity index (χ2n) is 0. The molecular formula is C2AgN2-2. The van der Waals surface area contributed by atoms with Gasteiger partial charge in [-0.25, -0.2) is 0 Å². The van der Waals surface area contributed by atoms with Gasteiger partial charge in [0, 0.05) is 22.4 Å². The molecule has 5 heavy (non-hydrogen) atoms. The molecule has 0 aromatic rings. The molecule has 0 saturated heterocycles. The minimum atomic E-state index is 0. The van der Waals surface area contributed by atoms with E-state index < -0.39 is 0 Å². The smallest absolute Gasteiger partial charge is 0 e. The van der Waals surface area contributed by atoms with Gasteiger partial charge in [-0.1, -0.05) is 0 Å². The van der Waals surface area contributed by atoms with Crippen molar-refractivity contribution < 1.29 is 22.4 Å². The fourth-order valence-corrected chi connectivity index (χ4v) is 0. The Morgan fingerprint density at radius 3 is 0.800 bits per heavy atom. The number of rotatable bonds is 0. The van der Waals surface area contributed by atoms with Gasteiger partial charge in [0.05, 0.1) is 0 Å². The maximum atomic E-state index is 6.25. The van der Waals surface area contributed by atoms with Crippen LogP contribution in [0.15, 0.2) is 0 Å². The van der Waals surface area contributed by atoms with Crippen LogP contribution >= 0.6 is 0 Å². The Labute approximate surface area is 46.5 Å². The molecule has 0 aromatic heterocycles. The molecule has 1 radical (unpaired) electrons. The first kappa shape index (κ1) is 22.1. The summed E-state index contributed by atoms with van der Waals surface area (Å²) in [6.07, 6.45) is 0. The standard InChI is InChI=1S/2CN.Ag/c2*1-2;/q2*-1;. The van der Waals surface area contributed by atoms with E-state index in [1.54, 1.807) is 0 Å². The van der Waals surface area contributed by atoms with Crippen LogP contribution < -0.4 is 0 Å². The van der Waals surface area contributed by atoms with Crippen LogP contribution in [-0.4, -0.2) is 0 Å². The predicted molar refractivity (Wildman–Crippen MR) is 9.94 cm³/mol.